The van der Waals surface area contributed by atoms with E-state index in [0.29, 0.717) is 5.15 Å². The third kappa shape index (κ3) is 3.15. The molecule has 2 heterocycles. The van der Waals surface area contributed by atoms with Crippen molar-refractivity contribution in [3.8, 4) is 0 Å². The zero-order valence-corrected chi connectivity index (χ0v) is 10.7. The summed E-state index contributed by atoms with van der Waals surface area (Å²) >= 11 is 10.8. The van der Waals surface area contributed by atoms with Crippen molar-refractivity contribution in [3.63, 3.8) is 0 Å². The molecule has 0 amide bonds. The van der Waals surface area contributed by atoms with E-state index in [1.807, 2.05) is 6.07 Å². The monoisotopic (exact) mass is 303 g/mol. The summed E-state index contributed by atoms with van der Waals surface area (Å²) in [5.41, 5.74) is 0. The fraction of sp³-hybridized carbons (Fsp3) is 0.111. The van der Waals surface area contributed by atoms with Crippen LogP contribution < -0.4 is 5.32 Å². The van der Waals surface area contributed by atoms with E-state index in [1.165, 1.54) is 11.2 Å². The van der Waals surface area contributed by atoms with Crippen LogP contribution in [0.25, 0.3) is 0 Å². The molecule has 0 saturated carbocycles. The predicted molar refractivity (Wildman–Crippen MR) is 66.4 cm³/mol. The van der Waals surface area contributed by atoms with Gasteiger partial charge in [-0.15, -0.1) is 11.3 Å². The number of rotatable bonds is 3. The van der Waals surface area contributed by atoms with Crippen molar-refractivity contribution in [3.05, 3.63) is 38.3 Å². The van der Waals surface area contributed by atoms with Crippen LogP contribution >= 0.6 is 38.9 Å². The highest BCUT2D eigenvalue weighted by atomic mass is 79.9. The van der Waals surface area contributed by atoms with Crippen LogP contribution in [-0.4, -0.2) is 9.97 Å². The number of anilines is 1. The Labute approximate surface area is 105 Å². The van der Waals surface area contributed by atoms with Crippen molar-refractivity contribution in [2.75, 3.05) is 5.32 Å². The molecule has 2 rings (SSSR count). The van der Waals surface area contributed by atoms with Crippen molar-refractivity contribution >= 4 is 44.7 Å². The van der Waals surface area contributed by atoms with Gasteiger partial charge in [-0.2, -0.15) is 0 Å². The summed E-state index contributed by atoms with van der Waals surface area (Å²) in [5, 5.41) is 3.61. The van der Waals surface area contributed by atoms with Crippen LogP contribution in [0.15, 0.2) is 28.3 Å². The van der Waals surface area contributed by atoms with Gasteiger partial charge >= 0.3 is 0 Å². The first kappa shape index (κ1) is 10.9. The Balaban J connectivity index is 1.99. The van der Waals surface area contributed by atoms with E-state index in [0.717, 1.165) is 16.1 Å². The van der Waals surface area contributed by atoms with Crippen LogP contribution in [0.4, 0.5) is 5.82 Å². The summed E-state index contributed by atoms with van der Waals surface area (Å²) in [6.45, 7) is 0.740. The average Bonchev–Trinajstić information content (AvgIpc) is 2.62. The van der Waals surface area contributed by atoms with Gasteiger partial charge in [-0.1, -0.05) is 11.6 Å². The van der Waals surface area contributed by atoms with Gasteiger partial charge in [-0.3, -0.25) is 0 Å². The fourth-order valence-electron chi connectivity index (χ4n) is 1.05. The van der Waals surface area contributed by atoms with Gasteiger partial charge in [-0.05, 0) is 28.1 Å². The van der Waals surface area contributed by atoms with Crippen LogP contribution in [0.2, 0.25) is 5.15 Å². The molecule has 6 heteroatoms. The number of hydrogen-bond donors (Lipinski definition) is 1. The zero-order chi connectivity index (χ0) is 10.7. The Morgan fingerprint density at radius 2 is 2.27 bits per heavy atom. The van der Waals surface area contributed by atoms with Gasteiger partial charge in [0.15, 0.2) is 0 Å². The third-order valence-electron chi connectivity index (χ3n) is 1.71. The first-order chi connectivity index (χ1) is 7.24. The minimum Gasteiger partial charge on any atom is -0.365 e. The molecule has 0 fully saturated rings. The smallest absolute Gasteiger partial charge is 0.134 e. The standard InChI is InChI=1S/C9H7BrClN3S/c10-7-2-1-6(15-7)4-12-9-3-8(11)13-5-14-9/h1-3,5H,4H2,(H,12,13,14). The summed E-state index contributed by atoms with van der Waals surface area (Å²) in [6, 6.07) is 5.78. The molecule has 0 unspecified atom stereocenters. The summed E-state index contributed by atoms with van der Waals surface area (Å²) in [4.78, 5) is 9.09. The molecule has 2 aromatic rings. The first-order valence-electron chi connectivity index (χ1n) is 4.19. The topological polar surface area (TPSA) is 37.8 Å². The lowest BCUT2D eigenvalue weighted by Gasteiger charge is -2.02. The van der Waals surface area contributed by atoms with Crippen LogP contribution in [0.5, 0.6) is 0 Å². The Morgan fingerprint density at radius 3 is 2.93 bits per heavy atom. The minimum atomic E-state index is 0.444. The van der Waals surface area contributed by atoms with E-state index < -0.39 is 0 Å². The van der Waals surface area contributed by atoms with E-state index in [4.69, 9.17) is 11.6 Å². The zero-order valence-electron chi connectivity index (χ0n) is 7.58. The SMILES string of the molecule is Clc1cc(NCc2ccc(Br)s2)ncn1. The molecular formula is C9H7BrClN3S. The van der Waals surface area contributed by atoms with Crippen molar-refractivity contribution in [2.45, 2.75) is 6.54 Å². The average molecular weight is 305 g/mol. The maximum atomic E-state index is 5.73. The number of halogens is 2. The molecule has 3 nitrogen and oxygen atoms in total. The van der Waals surface area contributed by atoms with Gasteiger partial charge in [0, 0.05) is 10.9 Å². The minimum absolute atomic E-state index is 0.444. The number of nitrogens with zero attached hydrogens (tertiary/aromatic N) is 2. The molecule has 0 aromatic carbocycles. The van der Waals surface area contributed by atoms with E-state index in [-0.39, 0.29) is 0 Å². The van der Waals surface area contributed by atoms with Gasteiger partial charge in [0.2, 0.25) is 0 Å². The van der Waals surface area contributed by atoms with Gasteiger partial charge in [0.1, 0.15) is 17.3 Å². The predicted octanol–water partition coefficient (Wildman–Crippen LogP) is 3.57. The second-order valence-corrected chi connectivity index (χ2v) is 5.72. The molecule has 15 heavy (non-hydrogen) atoms. The highest BCUT2D eigenvalue weighted by Gasteiger charge is 1.99. The van der Waals surface area contributed by atoms with Gasteiger partial charge in [-0.25, -0.2) is 9.97 Å². The van der Waals surface area contributed by atoms with Crippen LogP contribution in [0.1, 0.15) is 4.88 Å². The summed E-state index contributed by atoms with van der Waals surface area (Å²) in [7, 11) is 0. The molecule has 0 bridgehead atoms. The molecule has 0 aliphatic rings. The quantitative estimate of drug-likeness (QED) is 0.881. The lowest BCUT2D eigenvalue weighted by molar-refractivity contribution is 1.10. The van der Waals surface area contributed by atoms with Gasteiger partial charge in [0.05, 0.1) is 10.3 Å². The van der Waals surface area contributed by atoms with Crippen LogP contribution in [-0.2, 0) is 6.54 Å². The second-order valence-electron chi connectivity index (χ2n) is 2.79. The van der Waals surface area contributed by atoms with Gasteiger partial charge in [0.25, 0.3) is 0 Å². The summed E-state index contributed by atoms with van der Waals surface area (Å²) in [6.07, 6.45) is 1.44. The maximum absolute atomic E-state index is 5.73. The lowest BCUT2D eigenvalue weighted by atomic mass is 10.4. The van der Waals surface area contributed by atoms with E-state index >= 15 is 0 Å². The highest BCUT2D eigenvalue weighted by molar-refractivity contribution is 9.11. The lowest BCUT2D eigenvalue weighted by Crippen LogP contribution is -1.99. The summed E-state index contributed by atoms with van der Waals surface area (Å²) in [5.74, 6) is 0.736. The van der Waals surface area contributed by atoms with Gasteiger partial charge < -0.3 is 5.32 Å². The molecule has 0 radical (unpaired) electrons. The molecule has 0 aliphatic carbocycles. The number of aromatic nitrogens is 2. The number of nitrogens with one attached hydrogen (secondary N) is 1. The second kappa shape index (κ2) is 4.92. The molecule has 0 spiro atoms. The van der Waals surface area contributed by atoms with Crippen LogP contribution in [0, 0.1) is 0 Å². The van der Waals surface area contributed by atoms with Crippen molar-refractivity contribution in [1.29, 1.82) is 0 Å². The molecule has 78 valence electrons. The van der Waals surface area contributed by atoms with Crippen molar-refractivity contribution in [1.82, 2.24) is 9.97 Å². The molecule has 0 aliphatic heterocycles. The van der Waals surface area contributed by atoms with E-state index in [2.05, 4.69) is 37.3 Å². The molecule has 1 N–H and O–H groups in total. The Morgan fingerprint density at radius 1 is 1.40 bits per heavy atom. The molecular weight excluding hydrogens is 298 g/mol. The third-order valence-corrected chi connectivity index (χ3v) is 3.54. The molecule has 2 aromatic heterocycles. The van der Waals surface area contributed by atoms with Crippen LogP contribution in [0.3, 0.4) is 0 Å². The first-order valence-corrected chi connectivity index (χ1v) is 6.18. The Kier molecular flexibility index (Phi) is 3.56. The molecule has 0 atom stereocenters. The van der Waals surface area contributed by atoms with Crippen molar-refractivity contribution in [2.24, 2.45) is 0 Å². The highest BCUT2D eigenvalue weighted by Crippen LogP contribution is 2.22. The normalized spacial score (nSPS) is 10.3. The Hall–Kier alpha value is -0.650. The van der Waals surface area contributed by atoms with E-state index in [1.54, 1.807) is 17.4 Å². The largest absolute Gasteiger partial charge is 0.365 e. The fourth-order valence-corrected chi connectivity index (χ4v) is 2.62. The van der Waals surface area contributed by atoms with E-state index in [9.17, 15) is 0 Å². The van der Waals surface area contributed by atoms with Crippen molar-refractivity contribution < 1.29 is 0 Å². The Bertz CT molecular complexity index is 460. The summed E-state index contributed by atoms with van der Waals surface area (Å²) < 4.78 is 1.13. The molecule has 0 saturated heterocycles. The maximum Gasteiger partial charge on any atom is 0.134 e. The number of thiophene rings is 1. The number of hydrogen-bond acceptors (Lipinski definition) is 4.